The SMILES string of the molecule is CS(=O)(=O)Nc1ccc(OC[C@@H](O)CN(CCc2ccc(Cl)c(Cl)c2)Cc2ccccc2Cl)cc1. The van der Waals surface area contributed by atoms with E-state index in [2.05, 4.69) is 9.62 Å². The van der Waals surface area contributed by atoms with Gasteiger partial charge in [0.15, 0.2) is 0 Å². The second kappa shape index (κ2) is 12.8. The van der Waals surface area contributed by atoms with Crippen molar-refractivity contribution in [2.75, 3.05) is 30.7 Å². The number of anilines is 1. The minimum atomic E-state index is -3.35. The first-order valence-corrected chi connectivity index (χ1v) is 13.9. The van der Waals surface area contributed by atoms with Crippen LogP contribution in [0.15, 0.2) is 66.7 Å². The van der Waals surface area contributed by atoms with Crippen LogP contribution in [0.4, 0.5) is 5.69 Å². The van der Waals surface area contributed by atoms with Crippen LogP contribution in [0, 0.1) is 0 Å². The van der Waals surface area contributed by atoms with E-state index in [-0.39, 0.29) is 6.61 Å². The number of hydrogen-bond donors (Lipinski definition) is 2. The van der Waals surface area contributed by atoms with Crippen molar-refractivity contribution in [2.45, 2.75) is 19.1 Å². The van der Waals surface area contributed by atoms with E-state index in [1.165, 1.54) is 0 Å². The highest BCUT2D eigenvalue weighted by molar-refractivity contribution is 7.92. The second-order valence-electron chi connectivity index (χ2n) is 8.19. The Balaban J connectivity index is 1.60. The minimum absolute atomic E-state index is 0.0741. The highest BCUT2D eigenvalue weighted by atomic mass is 35.5. The van der Waals surface area contributed by atoms with Crippen molar-refractivity contribution in [2.24, 2.45) is 0 Å². The zero-order chi connectivity index (χ0) is 25.4. The number of aliphatic hydroxyl groups excluding tert-OH is 1. The first-order chi connectivity index (χ1) is 16.6. The third-order valence-electron chi connectivity index (χ3n) is 5.12. The topological polar surface area (TPSA) is 78.9 Å². The number of sulfonamides is 1. The van der Waals surface area contributed by atoms with Crippen molar-refractivity contribution in [1.82, 2.24) is 4.90 Å². The molecule has 6 nitrogen and oxygen atoms in total. The van der Waals surface area contributed by atoms with Crippen molar-refractivity contribution in [3.05, 3.63) is 92.9 Å². The van der Waals surface area contributed by atoms with E-state index < -0.39 is 16.1 Å². The van der Waals surface area contributed by atoms with Gasteiger partial charge in [-0.05, 0) is 60.0 Å². The molecule has 3 rings (SSSR count). The van der Waals surface area contributed by atoms with E-state index in [0.717, 1.165) is 17.4 Å². The largest absolute Gasteiger partial charge is 0.491 e. The smallest absolute Gasteiger partial charge is 0.229 e. The Hall–Kier alpha value is -2.00. The van der Waals surface area contributed by atoms with Gasteiger partial charge >= 0.3 is 0 Å². The molecule has 188 valence electrons. The standard InChI is InChI=1S/C25H27Cl3N2O4S/c1-35(32,33)29-20-7-9-22(10-8-20)34-17-21(31)16-30(15-19-4-2-3-5-23(19)26)13-12-18-6-11-24(27)25(28)14-18/h2-11,14,21,29,31H,12-13,15-17H2,1H3/t21-/m0/s1. The predicted octanol–water partition coefficient (Wildman–Crippen LogP) is 5.50. The van der Waals surface area contributed by atoms with Gasteiger partial charge in [-0.2, -0.15) is 0 Å². The highest BCUT2D eigenvalue weighted by Crippen LogP contribution is 2.23. The molecule has 3 aromatic carbocycles. The van der Waals surface area contributed by atoms with Crippen molar-refractivity contribution in [3.8, 4) is 5.75 Å². The van der Waals surface area contributed by atoms with Gasteiger partial charge in [-0.1, -0.05) is 59.1 Å². The molecule has 0 aliphatic rings. The fourth-order valence-corrected chi connectivity index (χ4v) is 4.54. The van der Waals surface area contributed by atoms with Gasteiger partial charge in [-0.15, -0.1) is 0 Å². The summed E-state index contributed by atoms with van der Waals surface area (Å²) < 4.78 is 30.8. The molecule has 0 aliphatic heterocycles. The van der Waals surface area contributed by atoms with Gasteiger partial charge in [-0.3, -0.25) is 9.62 Å². The Bertz CT molecular complexity index is 1220. The van der Waals surface area contributed by atoms with E-state index in [1.807, 2.05) is 36.4 Å². The van der Waals surface area contributed by atoms with Crippen LogP contribution in [0.5, 0.6) is 5.75 Å². The molecule has 10 heteroatoms. The lowest BCUT2D eigenvalue weighted by Gasteiger charge is -2.26. The monoisotopic (exact) mass is 556 g/mol. The van der Waals surface area contributed by atoms with Crippen LogP contribution >= 0.6 is 34.8 Å². The lowest BCUT2D eigenvalue weighted by molar-refractivity contribution is 0.0659. The van der Waals surface area contributed by atoms with Gasteiger partial charge < -0.3 is 9.84 Å². The molecule has 3 aromatic rings. The summed E-state index contributed by atoms with van der Waals surface area (Å²) in [6, 6.07) is 19.7. The third-order valence-corrected chi connectivity index (χ3v) is 6.84. The van der Waals surface area contributed by atoms with Gasteiger partial charge in [0.25, 0.3) is 0 Å². The number of rotatable bonds is 12. The number of nitrogens with one attached hydrogen (secondary N) is 1. The summed E-state index contributed by atoms with van der Waals surface area (Å²) in [5.74, 6) is 0.525. The van der Waals surface area contributed by atoms with Crippen molar-refractivity contribution >= 4 is 50.5 Å². The molecule has 0 saturated carbocycles. The average molecular weight is 558 g/mol. The van der Waals surface area contributed by atoms with Gasteiger partial charge in [0.05, 0.1) is 16.3 Å². The Labute approximate surface area is 221 Å². The van der Waals surface area contributed by atoms with Gasteiger partial charge in [0.2, 0.25) is 10.0 Å². The highest BCUT2D eigenvalue weighted by Gasteiger charge is 2.15. The van der Waals surface area contributed by atoms with Crippen LogP contribution in [-0.4, -0.2) is 50.5 Å². The van der Waals surface area contributed by atoms with Crippen molar-refractivity contribution in [3.63, 3.8) is 0 Å². The zero-order valence-electron chi connectivity index (χ0n) is 19.1. The predicted molar refractivity (Wildman–Crippen MR) is 143 cm³/mol. The number of nitrogens with zero attached hydrogens (tertiary/aromatic N) is 1. The Morgan fingerprint density at radius 1 is 0.971 bits per heavy atom. The molecule has 0 heterocycles. The molecule has 35 heavy (non-hydrogen) atoms. The minimum Gasteiger partial charge on any atom is -0.491 e. The van der Waals surface area contributed by atoms with E-state index >= 15 is 0 Å². The summed E-state index contributed by atoms with van der Waals surface area (Å²) in [5.41, 5.74) is 2.44. The van der Waals surface area contributed by atoms with Crippen LogP contribution in [0.25, 0.3) is 0 Å². The van der Waals surface area contributed by atoms with Crippen molar-refractivity contribution < 1.29 is 18.3 Å². The van der Waals surface area contributed by atoms with E-state index in [0.29, 0.717) is 52.6 Å². The number of hydrogen-bond acceptors (Lipinski definition) is 5. The first-order valence-electron chi connectivity index (χ1n) is 10.9. The lowest BCUT2D eigenvalue weighted by atomic mass is 10.1. The normalized spacial score (nSPS) is 12.5. The maximum Gasteiger partial charge on any atom is 0.229 e. The van der Waals surface area contributed by atoms with Crippen molar-refractivity contribution in [1.29, 1.82) is 0 Å². The van der Waals surface area contributed by atoms with Crippen LogP contribution in [-0.2, 0) is 23.0 Å². The van der Waals surface area contributed by atoms with Gasteiger partial charge in [-0.25, -0.2) is 8.42 Å². The van der Waals surface area contributed by atoms with Crippen LogP contribution in [0.2, 0.25) is 15.1 Å². The summed E-state index contributed by atoms with van der Waals surface area (Å²) in [6.07, 6.45) is 1.04. The van der Waals surface area contributed by atoms with E-state index in [1.54, 1.807) is 30.3 Å². The van der Waals surface area contributed by atoms with Gasteiger partial charge in [0, 0.05) is 30.3 Å². The molecule has 0 spiro atoms. The molecular weight excluding hydrogens is 531 g/mol. The van der Waals surface area contributed by atoms with Crippen LogP contribution < -0.4 is 9.46 Å². The summed E-state index contributed by atoms with van der Waals surface area (Å²) >= 11 is 18.5. The molecular formula is C25H27Cl3N2O4S. The lowest BCUT2D eigenvalue weighted by Crippen LogP contribution is -2.36. The maximum atomic E-state index is 11.3. The summed E-state index contributed by atoms with van der Waals surface area (Å²) in [7, 11) is -3.35. The summed E-state index contributed by atoms with van der Waals surface area (Å²) in [6.45, 7) is 1.65. The maximum absolute atomic E-state index is 11.3. The Morgan fingerprint density at radius 3 is 2.34 bits per heavy atom. The summed E-state index contributed by atoms with van der Waals surface area (Å²) in [5, 5.41) is 12.4. The molecule has 2 N–H and O–H groups in total. The van der Waals surface area contributed by atoms with Crippen LogP contribution in [0.3, 0.4) is 0 Å². The average Bonchev–Trinajstić information content (AvgIpc) is 2.79. The zero-order valence-corrected chi connectivity index (χ0v) is 22.2. The molecule has 0 saturated heterocycles. The molecule has 0 fully saturated rings. The van der Waals surface area contributed by atoms with E-state index in [9.17, 15) is 13.5 Å². The molecule has 0 aliphatic carbocycles. The number of halogens is 3. The number of benzene rings is 3. The molecule has 0 unspecified atom stereocenters. The fraction of sp³-hybridized carbons (Fsp3) is 0.280. The quantitative estimate of drug-likeness (QED) is 0.307. The molecule has 0 bridgehead atoms. The van der Waals surface area contributed by atoms with Gasteiger partial charge in [0.1, 0.15) is 18.5 Å². The molecule has 1 atom stereocenters. The third kappa shape index (κ3) is 9.52. The Morgan fingerprint density at radius 2 is 1.69 bits per heavy atom. The Kier molecular flexibility index (Phi) is 10.1. The first kappa shape index (κ1) is 27.6. The molecule has 0 radical (unpaired) electrons. The molecule has 0 amide bonds. The van der Waals surface area contributed by atoms with E-state index in [4.69, 9.17) is 39.5 Å². The summed E-state index contributed by atoms with van der Waals surface area (Å²) in [4.78, 5) is 2.11. The fourth-order valence-electron chi connectivity index (χ4n) is 3.46. The molecule has 0 aromatic heterocycles. The van der Waals surface area contributed by atoms with Crippen LogP contribution in [0.1, 0.15) is 11.1 Å². The number of aliphatic hydroxyl groups is 1. The number of ether oxygens (including phenoxy) is 1. The second-order valence-corrected chi connectivity index (χ2v) is 11.2.